The van der Waals surface area contributed by atoms with Crippen molar-refractivity contribution in [2.45, 2.75) is 31.7 Å². The molecule has 2 rings (SSSR count). The Labute approximate surface area is 119 Å². The van der Waals surface area contributed by atoms with Gasteiger partial charge >= 0.3 is 0 Å². The third kappa shape index (κ3) is 3.95. The molecule has 1 heterocycles. The Bertz CT molecular complexity index is 450. The van der Waals surface area contributed by atoms with Gasteiger partial charge in [-0.1, -0.05) is 25.0 Å². The van der Waals surface area contributed by atoms with Crippen molar-refractivity contribution in [2.24, 2.45) is 0 Å². The first-order valence-electron chi connectivity index (χ1n) is 7.20. The fourth-order valence-corrected chi connectivity index (χ4v) is 2.64. The normalized spacial score (nSPS) is 20.4. The quantitative estimate of drug-likeness (QED) is 0.728. The smallest absolute Gasteiger partial charge is 0.238 e. The van der Waals surface area contributed by atoms with Gasteiger partial charge in [-0.2, -0.15) is 0 Å². The Hall–Kier alpha value is -1.59. The molecule has 1 aliphatic rings. The van der Waals surface area contributed by atoms with Gasteiger partial charge in [0.25, 0.3) is 0 Å². The molecule has 4 N–H and O–H groups in total. The van der Waals surface area contributed by atoms with Crippen LogP contribution in [0.25, 0.3) is 0 Å². The number of carbonyl (C=O) groups excluding carboxylic acids is 1. The summed E-state index contributed by atoms with van der Waals surface area (Å²) in [5, 5.41) is 12.3. The van der Waals surface area contributed by atoms with E-state index in [9.17, 15) is 9.90 Å². The second-order valence-corrected chi connectivity index (χ2v) is 5.29. The van der Waals surface area contributed by atoms with Crippen LogP contribution in [0.2, 0.25) is 0 Å². The maximum Gasteiger partial charge on any atom is 0.238 e. The number of aliphatic hydroxyl groups excluding tert-OH is 1. The summed E-state index contributed by atoms with van der Waals surface area (Å²) in [5.74, 6) is -0.0803. The second-order valence-electron chi connectivity index (χ2n) is 5.29. The van der Waals surface area contributed by atoms with Crippen molar-refractivity contribution in [1.82, 2.24) is 4.90 Å². The summed E-state index contributed by atoms with van der Waals surface area (Å²) in [6.45, 7) is 1.28. The van der Waals surface area contributed by atoms with Gasteiger partial charge in [-0.25, -0.2) is 0 Å². The predicted molar refractivity (Wildman–Crippen MR) is 80.4 cm³/mol. The van der Waals surface area contributed by atoms with Crippen LogP contribution in [-0.4, -0.2) is 41.7 Å². The molecule has 1 aliphatic heterocycles. The number of carbonyl (C=O) groups is 1. The topological polar surface area (TPSA) is 78.6 Å². The highest BCUT2D eigenvalue weighted by atomic mass is 16.3. The van der Waals surface area contributed by atoms with Gasteiger partial charge in [0.1, 0.15) is 0 Å². The zero-order chi connectivity index (χ0) is 14.4. The van der Waals surface area contributed by atoms with E-state index in [0.29, 0.717) is 17.9 Å². The summed E-state index contributed by atoms with van der Waals surface area (Å²) in [5.41, 5.74) is 7.02. The average molecular weight is 277 g/mol. The summed E-state index contributed by atoms with van der Waals surface area (Å²) in [7, 11) is 0. The van der Waals surface area contributed by atoms with Gasteiger partial charge in [0.05, 0.1) is 24.5 Å². The van der Waals surface area contributed by atoms with E-state index in [1.54, 1.807) is 12.1 Å². The van der Waals surface area contributed by atoms with Crippen LogP contribution in [0.15, 0.2) is 24.3 Å². The number of nitrogen functional groups attached to an aromatic ring is 1. The van der Waals surface area contributed by atoms with Crippen molar-refractivity contribution in [3.8, 4) is 0 Å². The molecule has 0 radical (unpaired) electrons. The number of nitrogens with one attached hydrogen (secondary N) is 1. The number of hydrogen-bond acceptors (Lipinski definition) is 4. The Morgan fingerprint density at radius 1 is 1.35 bits per heavy atom. The lowest BCUT2D eigenvalue weighted by Gasteiger charge is -2.27. The van der Waals surface area contributed by atoms with Crippen LogP contribution in [0, 0.1) is 0 Å². The SMILES string of the molecule is Nc1ccccc1NC(=O)CN1CCCCCC1CO. The Kier molecular flexibility index (Phi) is 5.38. The highest BCUT2D eigenvalue weighted by Gasteiger charge is 2.22. The van der Waals surface area contributed by atoms with E-state index in [4.69, 9.17) is 5.73 Å². The third-order valence-corrected chi connectivity index (χ3v) is 3.79. The number of rotatable bonds is 4. The minimum absolute atomic E-state index is 0.0803. The van der Waals surface area contributed by atoms with Gasteiger partial charge in [0, 0.05) is 6.04 Å². The van der Waals surface area contributed by atoms with E-state index >= 15 is 0 Å². The molecule has 20 heavy (non-hydrogen) atoms. The number of aliphatic hydroxyl groups is 1. The van der Waals surface area contributed by atoms with Crippen LogP contribution in [-0.2, 0) is 4.79 Å². The van der Waals surface area contributed by atoms with Crippen LogP contribution >= 0.6 is 0 Å². The minimum atomic E-state index is -0.0803. The number of nitrogens with two attached hydrogens (primary N) is 1. The lowest BCUT2D eigenvalue weighted by molar-refractivity contribution is -0.118. The summed E-state index contributed by atoms with van der Waals surface area (Å²) in [6.07, 6.45) is 4.32. The van der Waals surface area contributed by atoms with Crippen LogP contribution in [0.1, 0.15) is 25.7 Å². The molecule has 1 fully saturated rings. The molecule has 1 atom stereocenters. The van der Waals surface area contributed by atoms with E-state index in [2.05, 4.69) is 10.2 Å². The van der Waals surface area contributed by atoms with Crippen molar-refractivity contribution in [1.29, 1.82) is 0 Å². The number of amides is 1. The van der Waals surface area contributed by atoms with Crippen molar-refractivity contribution < 1.29 is 9.90 Å². The van der Waals surface area contributed by atoms with Crippen LogP contribution in [0.5, 0.6) is 0 Å². The predicted octanol–water partition coefficient (Wildman–Crippen LogP) is 1.44. The average Bonchev–Trinajstić information content (AvgIpc) is 2.66. The van der Waals surface area contributed by atoms with Crippen LogP contribution in [0.4, 0.5) is 11.4 Å². The van der Waals surface area contributed by atoms with Gasteiger partial charge < -0.3 is 16.2 Å². The van der Waals surface area contributed by atoms with Gasteiger partial charge in [0.2, 0.25) is 5.91 Å². The Morgan fingerprint density at radius 3 is 2.90 bits per heavy atom. The Morgan fingerprint density at radius 2 is 2.15 bits per heavy atom. The lowest BCUT2D eigenvalue weighted by atomic mass is 10.1. The third-order valence-electron chi connectivity index (χ3n) is 3.79. The number of likely N-dealkylation sites (tertiary alicyclic amines) is 1. The zero-order valence-corrected chi connectivity index (χ0v) is 11.7. The summed E-state index contributed by atoms with van der Waals surface area (Å²) >= 11 is 0. The van der Waals surface area contributed by atoms with E-state index in [-0.39, 0.29) is 18.6 Å². The highest BCUT2D eigenvalue weighted by molar-refractivity contribution is 5.95. The van der Waals surface area contributed by atoms with Crippen LogP contribution < -0.4 is 11.1 Å². The number of nitrogens with zero attached hydrogens (tertiary/aromatic N) is 1. The second kappa shape index (κ2) is 7.26. The van der Waals surface area contributed by atoms with E-state index in [0.717, 1.165) is 25.8 Å². The fraction of sp³-hybridized carbons (Fsp3) is 0.533. The van der Waals surface area contributed by atoms with E-state index in [1.165, 1.54) is 6.42 Å². The number of benzene rings is 1. The number of para-hydroxylation sites is 2. The molecule has 1 saturated heterocycles. The first-order chi connectivity index (χ1) is 9.70. The molecule has 0 aromatic heterocycles. The van der Waals surface area contributed by atoms with Crippen molar-refractivity contribution in [2.75, 3.05) is 30.7 Å². The molecule has 0 saturated carbocycles. The van der Waals surface area contributed by atoms with E-state index in [1.807, 2.05) is 12.1 Å². The van der Waals surface area contributed by atoms with Gasteiger partial charge in [-0.05, 0) is 31.5 Å². The minimum Gasteiger partial charge on any atom is -0.397 e. The molecule has 0 aliphatic carbocycles. The zero-order valence-electron chi connectivity index (χ0n) is 11.7. The van der Waals surface area contributed by atoms with Crippen molar-refractivity contribution >= 4 is 17.3 Å². The monoisotopic (exact) mass is 277 g/mol. The van der Waals surface area contributed by atoms with E-state index < -0.39 is 0 Å². The summed E-state index contributed by atoms with van der Waals surface area (Å²) < 4.78 is 0. The molecular formula is C15H23N3O2. The van der Waals surface area contributed by atoms with Gasteiger partial charge in [-0.15, -0.1) is 0 Å². The molecule has 5 nitrogen and oxygen atoms in total. The van der Waals surface area contributed by atoms with Crippen molar-refractivity contribution in [3.05, 3.63) is 24.3 Å². The molecule has 1 aromatic rings. The summed E-state index contributed by atoms with van der Waals surface area (Å²) in [6, 6.07) is 7.32. The largest absolute Gasteiger partial charge is 0.397 e. The molecule has 1 aromatic carbocycles. The van der Waals surface area contributed by atoms with Crippen molar-refractivity contribution in [3.63, 3.8) is 0 Å². The standard InChI is InChI=1S/C15H23N3O2/c16-13-7-3-4-8-14(13)17-15(20)10-18-9-5-1-2-6-12(18)11-19/h3-4,7-8,12,19H,1-2,5-6,9-11,16H2,(H,17,20). The van der Waals surface area contributed by atoms with Gasteiger partial charge in [0.15, 0.2) is 0 Å². The van der Waals surface area contributed by atoms with Gasteiger partial charge in [-0.3, -0.25) is 9.69 Å². The molecule has 5 heteroatoms. The number of anilines is 2. The molecule has 1 amide bonds. The van der Waals surface area contributed by atoms with Crippen LogP contribution in [0.3, 0.4) is 0 Å². The number of hydrogen-bond donors (Lipinski definition) is 3. The molecule has 0 spiro atoms. The molecule has 1 unspecified atom stereocenters. The molecule has 110 valence electrons. The molecule has 0 bridgehead atoms. The molecular weight excluding hydrogens is 254 g/mol. The Balaban J connectivity index is 1.94. The maximum absolute atomic E-state index is 12.1. The maximum atomic E-state index is 12.1. The first-order valence-corrected chi connectivity index (χ1v) is 7.20. The highest BCUT2D eigenvalue weighted by Crippen LogP contribution is 2.18. The lowest BCUT2D eigenvalue weighted by Crippen LogP contribution is -2.42. The summed E-state index contributed by atoms with van der Waals surface area (Å²) in [4.78, 5) is 14.2. The fourth-order valence-electron chi connectivity index (χ4n) is 2.64. The first kappa shape index (κ1) is 14.8.